The van der Waals surface area contributed by atoms with E-state index in [1.807, 2.05) is 24.3 Å². The Morgan fingerprint density at radius 3 is 3.00 bits per heavy atom. The summed E-state index contributed by atoms with van der Waals surface area (Å²) >= 11 is 0. The molecular formula is C17H16N2O2. The van der Waals surface area contributed by atoms with Gasteiger partial charge in [-0.1, -0.05) is 29.8 Å². The van der Waals surface area contributed by atoms with E-state index in [9.17, 15) is 4.79 Å². The molecule has 4 heteroatoms. The van der Waals surface area contributed by atoms with Crippen molar-refractivity contribution < 1.29 is 9.21 Å². The van der Waals surface area contributed by atoms with Crippen molar-refractivity contribution in [3.63, 3.8) is 0 Å². The minimum atomic E-state index is -0.00429. The molecule has 0 aliphatic heterocycles. The van der Waals surface area contributed by atoms with E-state index in [2.05, 4.69) is 29.4 Å². The number of aryl methyl sites for hydroxylation is 2. The van der Waals surface area contributed by atoms with Crippen LogP contribution in [0.25, 0.3) is 11.1 Å². The standard InChI is InChI=1S/C17H16N2O2/c1-12-3-2-4-13(9-12)5-8-17(20)19-14-6-7-15-16(10-14)21-11-18-15/h2-4,6-7,9-11H,5,8H2,1H3,(H,19,20). The molecule has 2 aromatic carbocycles. The average molecular weight is 280 g/mol. The molecule has 0 saturated carbocycles. The highest BCUT2D eigenvalue weighted by Crippen LogP contribution is 2.18. The molecule has 0 saturated heterocycles. The molecule has 0 aliphatic carbocycles. The number of fused-ring (bicyclic) bond motifs is 1. The lowest BCUT2D eigenvalue weighted by Gasteiger charge is -2.05. The van der Waals surface area contributed by atoms with E-state index in [-0.39, 0.29) is 5.91 Å². The van der Waals surface area contributed by atoms with Crippen LogP contribution in [0.2, 0.25) is 0 Å². The third-order valence-corrected chi connectivity index (χ3v) is 3.34. The minimum absolute atomic E-state index is 0.00429. The number of nitrogens with zero attached hydrogens (tertiary/aromatic N) is 1. The van der Waals surface area contributed by atoms with Crippen LogP contribution in [-0.2, 0) is 11.2 Å². The molecule has 1 N–H and O–H groups in total. The number of aromatic nitrogens is 1. The topological polar surface area (TPSA) is 55.1 Å². The number of benzene rings is 2. The first-order chi connectivity index (χ1) is 10.2. The molecule has 4 nitrogen and oxygen atoms in total. The van der Waals surface area contributed by atoms with E-state index in [0.717, 1.165) is 17.6 Å². The van der Waals surface area contributed by atoms with Crippen LogP contribution < -0.4 is 5.32 Å². The first-order valence-electron chi connectivity index (χ1n) is 6.89. The van der Waals surface area contributed by atoms with Crippen LogP contribution in [0.3, 0.4) is 0 Å². The summed E-state index contributed by atoms with van der Waals surface area (Å²) in [6.45, 7) is 2.05. The molecule has 0 atom stereocenters. The van der Waals surface area contributed by atoms with Gasteiger partial charge in [-0.25, -0.2) is 4.98 Å². The van der Waals surface area contributed by atoms with Crippen LogP contribution in [-0.4, -0.2) is 10.9 Å². The van der Waals surface area contributed by atoms with Crippen molar-refractivity contribution in [1.82, 2.24) is 4.98 Å². The van der Waals surface area contributed by atoms with E-state index in [0.29, 0.717) is 12.0 Å². The fourth-order valence-electron chi connectivity index (χ4n) is 2.28. The third kappa shape index (κ3) is 3.28. The molecular weight excluding hydrogens is 264 g/mol. The summed E-state index contributed by atoms with van der Waals surface area (Å²) in [6, 6.07) is 13.7. The Kier molecular flexibility index (Phi) is 3.69. The summed E-state index contributed by atoms with van der Waals surface area (Å²) in [5, 5.41) is 2.88. The van der Waals surface area contributed by atoms with E-state index >= 15 is 0 Å². The number of hydrogen-bond donors (Lipinski definition) is 1. The summed E-state index contributed by atoms with van der Waals surface area (Å²) in [7, 11) is 0. The molecule has 1 heterocycles. The van der Waals surface area contributed by atoms with Crippen molar-refractivity contribution >= 4 is 22.7 Å². The fourth-order valence-corrected chi connectivity index (χ4v) is 2.28. The van der Waals surface area contributed by atoms with Crippen LogP contribution in [0.15, 0.2) is 53.3 Å². The Morgan fingerprint density at radius 1 is 1.24 bits per heavy atom. The second-order valence-electron chi connectivity index (χ2n) is 5.07. The number of nitrogens with one attached hydrogen (secondary N) is 1. The zero-order valence-electron chi connectivity index (χ0n) is 11.8. The number of carbonyl (C=O) groups excluding carboxylic acids is 1. The number of hydrogen-bond acceptors (Lipinski definition) is 3. The Hall–Kier alpha value is -2.62. The zero-order valence-corrected chi connectivity index (χ0v) is 11.8. The molecule has 3 aromatic rings. The number of oxazole rings is 1. The maximum absolute atomic E-state index is 12.0. The van der Waals surface area contributed by atoms with E-state index in [1.165, 1.54) is 17.5 Å². The molecule has 1 amide bonds. The SMILES string of the molecule is Cc1cccc(CCC(=O)Nc2ccc3ncoc3c2)c1. The number of amides is 1. The van der Waals surface area contributed by atoms with Crippen molar-refractivity contribution in [2.45, 2.75) is 19.8 Å². The molecule has 106 valence electrons. The molecule has 0 fully saturated rings. The van der Waals surface area contributed by atoms with Gasteiger partial charge in [-0.15, -0.1) is 0 Å². The summed E-state index contributed by atoms with van der Waals surface area (Å²) < 4.78 is 5.22. The highest BCUT2D eigenvalue weighted by molar-refractivity contribution is 5.92. The Bertz CT molecular complexity index is 777. The zero-order chi connectivity index (χ0) is 14.7. The average Bonchev–Trinajstić information content (AvgIpc) is 2.93. The molecule has 0 spiro atoms. The second-order valence-corrected chi connectivity index (χ2v) is 5.07. The quantitative estimate of drug-likeness (QED) is 0.792. The Labute approximate surface area is 122 Å². The first-order valence-corrected chi connectivity index (χ1v) is 6.89. The second kappa shape index (κ2) is 5.79. The van der Waals surface area contributed by atoms with Gasteiger partial charge in [0, 0.05) is 18.2 Å². The molecule has 0 bridgehead atoms. The molecule has 0 unspecified atom stereocenters. The smallest absolute Gasteiger partial charge is 0.224 e. The maximum Gasteiger partial charge on any atom is 0.224 e. The van der Waals surface area contributed by atoms with Gasteiger partial charge in [0.2, 0.25) is 5.91 Å². The van der Waals surface area contributed by atoms with Crippen LogP contribution in [0.5, 0.6) is 0 Å². The van der Waals surface area contributed by atoms with E-state index in [1.54, 1.807) is 6.07 Å². The van der Waals surface area contributed by atoms with Gasteiger partial charge in [0.05, 0.1) is 0 Å². The van der Waals surface area contributed by atoms with Crippen molar-refractivity contribution in [2.75, 3.05) is 5.32 Å². The summed E-state index contributed by atoms with van der Waals surface area (Å²) in [5.41, 5.74) is 4.58. The van der Waals surface area contributed by atoms with Gasteiger partial charge in [-0.05, 0) is 31.0 Å². The Morgan fingerprint density at radius 2 is 2.14 bits per heavy atom. The van der Waals surface area contributed by atoms with E-state index < -0.39 is 0 Å². The van der Waals surface area contributed by atoms with Gasteiger partial charge in [0.1, 0.15) is 5.52 Å². The van der Waals surface area contributed by atoms with Gasteiger partial charge in [-0.2, -0.15) is 0 Å². The highest BCUT2D eigenvalue weighted by Gasteiger charge is 2.05. The van der Waals surface area contributed by atoms with Crippen LogP contribution in [0.1, 0.15) is 17.5 Å². The van der Waals surface area contributed by atoms with Gasteiger partial charge in [0.15, 0.2) is 12.0 Å². The molecule has 0 aliphatic rings. The van der Waals surface area contributed by atoms with Gasteiger partial charge in [-0.3, -0.25) is 4.79 Å². The predicted molar refractivity (Wildman–Crippen MR) is 82.1 cm³/mol. The lowest BCUT2D eigenvalue weighted by molar-refractivity contribution is -0.116. The summed E-state index contributed by atoms with van der Waals surface area (Å²) in [4.78, 5) is 16.0. The molecule has 21 heavy (non-hydrogen) atoms. The highest BCUT2D eigenvalue weighted by atomic mass is 16.3. The van der Waals surface area contributed by atoms with Crippen molar-refractivity contribution in [2.24, 2.45) is 0 Å². The monoisotopic (exact) mass is 280 g/mol. The van der Waals surface area contributed by atoms with Gasteiger partial charge < -0.3 is 9.73 Å². The number of rotatable bonds is 4. The van der Waals surface area contributed by atoms with Crippen molar-refractivity contribution in [3.05, 3.63) is 60.0 Å². The van der Waals surface area contributed by atoms with Gasteiger partial charge in [0.25, 0.3) is 0 Å². The maximum atomic E-state index is 12.0. The van der Waals surface area contributed by atoms with Gasteiger partial charge >= 0.3 is 0 Å². The first kappa shape index (κ1) is 13.4. The van der Waals surface area contributed by atoms with E-state index in [4.69, 9.17) is 4.42 Å². The lowest BCUT2D eigenvalue weighted by atomic mass is 10.1. The summed E-state index contributed by atoms with van der Waals surface area (Å²) in [6.07, 6.45) is 2.59. The molecule has 3 rings (SSSR count). The predicted octanol–water partition coefficient (Wildman–Crippen LogP) is 3.71. The van der Waals surface area contributed by atoms with Crippen molar-refractivity contribution in [1.29, 1.82) is 0 Å². The molecule has 0 radical (unpaired) electrons. The summed E-state index contributed by atoms with van der Waals surface area (Å²) in [5.74, 6) is -0.00429. The van der Waals surface area contributed by atoms with Crippen LogP contribution in [0, 0.1) is 6.92 Å². The largest absolute Gasteiger partial charge is 0.443 e. The van der Waals surface area contributed by atoms with Crippen LogP contribution >= 0.6 is 0 Å². The normalized spacial score (nSPS) is 10.7. The minimum Gasteiger partial charge on any atom is -0.443 e. The lowest BCUT2D eigenvalue weighted by Crippen LogP contribution is -2.12. The van der Waals surface area contributed by atoms with Crippen molar-refractivity contribution in [3.8, 4) is 0 Å². The molecule has 1 aromatic heterocycles. The third-order valence-electron chi connectivity index (χ3n) is 3.34. The number of carbonyl (C=O) groups is 1. The fraction of sp³-hybridized carbons (Fsp3) is 0.176. The van der Waals surface area contributed by atoms with Crippen LogP contribution in [0.4, 0.5) is 5.69 Å². The number of anilines is 1. The Balaban J connectivity index is 1.60.